The molecular weight excluding hydrogens is 298 g/mol. The van der Waals surface area contributed by atoms with E-state index in [1.165, 1.54) is 23.1 Å². The molecule has 0 atom stereocenters. The summed E-state index contributed by atoms with van der Waals surface area (Å²) in [6.07, 6.45) is 4.89. The highest BCUT2D eigenvalue weighted by atomic mass is 32.1. The number of hydrogen-bond donors (Lipinski definition) is 1. The van der Waals surface area contributed by atoms with Crippen molar-refractivity contribution in [3.8, 4) is 0 Å². The molecule has 4 rings (SSSR count). The summed E-state index contributed by atoms with van der Waals surface area (Å²) in [5.74, 6) is -0.260. The molecule has 0 fully saturated rings. The summed E-state index contributed by atoms with van der Waals surface area (Å²) in [7, 11) is 0. The lowest BCUT2D eigenvalue weighted by molar-refractivity contribution is 0.102. The second-order valence-electron chi connectivity index (χ2n) is 4.89. The lowest BCUT2D eigenvalue weighted by Gasteiger charge is -1.98. The van der Waals surface area contributed by atoms with Gasteiger partial charge in [0.25, 0.3) is 5.91 Å². The van der Waals surface area contributed by atoms with E-state index < -0.39 is 0 Å². The lowest BCUT2D eigenvalue weighted by atomic mass is 10.2. The molecule has 0 saturated carbocycles. The van der Waals surface area contributed by atoms with E-state index in [-0.39, 0.29) is 5.91 Å². The Hall–Kier alpha value is -2.80. The van der Waals surface area contributed by atoms with Gasteiger partial charge in [0.15, 0.2) is 10.8 Å². The molecule has 0 spiro atoms. The third kappa shape index (κ3) is 2.11. The zero-order chi connectivity index (χ0) is 15.1. The first-order valence-corrected chi connectivity index (χ1v) is 7.49. The van der Waals surface area contributed by atoms with Gasteiger partial charge < -0.3 is 0 Å². The van der Waals surface area contributed by atoms with Crippen molar-refractivity contribution in [3.63, 3.8) is 0 Å². The van der Waals surface area contributed by atoms with Crippen molar-refractivity contribution in [2.75, 3.05) is 5.32 Å². The number of aryl methyl sites for hydroxylation is 1. The van der Waals surface area contributed by atoms with Crippen molar-refractivity contribution in [1.29, 1.82) is 0 Å². The first kappa shape index (κ1) is 12.9. The van der Waals surface area contributed by atoms with Gasteiger partial charge in [-0.2, -0.15) is 5.10 Å². The monoisotopic (exact) mass is 309 g/mol. The number of carbonyl (C=O) groups is 1. The van der Waals surface area contributed by atoms with E-state index in [0.717, 1.165) is 10.2 Å². The number of fused-ring (bicyclic) bond motifs is 2. The number of anilines is 1. The Balaban J connectivity index is 1.68. The number of thiazole rings is 1. The predicted molar refractivity (Wildman–Crippen MR) is 85.3 cm³/mol. The van der Waals surface area contributed by atoms with Gasteiger partial charge >= 0.3 is 0 Å². The van der Waals surface area contributed by atoms with Crippen LogP contribution in [0.2, 0.25) is 0 Å². The number of nitrogens with zero attached hydrogens (tertiary/aromatic N) is 4. The zero-order valence-corrected chi connectivity index (χ0v) is 12.5. The molecule has 1 amide bonds. The van der Waals surface area contributed by atoms with Crippen LogP contribution in [0.25, 0.3) is 15.9 Å². The Labute approximate surface area is 129 Å². The minimum Gasteiger partial charge on any atom is -0.298 e. The first-order chi connectivity index (χ1) is 10.7. The highest BCUT2D eigenvalue weighted by molar-refractivity contribution is 7.22. The Kier molecular flexibility index (Phi) is 2.87. The fraction of sp³-hybridized carbons (Fsp3) is 0.0667. The molecule has 0 aliphatic carbocycles. The number of rotatable bonds is 2. The average molecular weight is 309 g/mol. The summed E-state index contributed by atoms with van der Waals surface area (Å²) < 4.78 is 2.62. The Bertz CT molecular complexity index is 1000. The lowest BCUT2D eigenvalue weighted by Crippen LogP contribution is -2.11. The van der Waals surface area contributed by atoms with Crippen LogP contribution in [0.1, 0.15) is 15.9 Å². The van der Waals surface area contributed by atoms with Crippen LogP contribution >= 0.6 is 11.3 Å². The summed E-state index contributed by atoms with van der Waals surface area (Å²) in [6, 6.07) is 7.77. The van der Waals surface area contributed by atoms with Gasteiger partial charge in [-0.3, -0.25) is 10.1 Å². The van der Waals surface area contributed by atoms with E-state index in [1.54, 1.807) is 23.0 Å². The maximum absolute atomic E-state index is 12.4. The Morgan fingerprint density at radius 3 is 3.18 bits per heavy atom. The molecule has 0 aliphatic heterocycles. The number of aromatic nitrogens is 4. The molecule has 0 radical (unpaired) electrons. The van der Waals surface area contributed by atoms with Gasteiger partial charge in [-0.15, -0.1) is 0 Å². The topological polar surface area (TPSA) is 72.2 Å². The summed E-state index contributed by atoms with van der Waals surface area (Å²) >= 11 is 1.45. The van der Waals surface area contributed by atoms with Crippen molar-refractivity contribution in [2.24, 2.45) is 0 Å². The molecule has 7 heteroatoms. The van der Waals surface area contributed by atoms with Crippen molar-refractivity contribution >= 4 is 38.2 Å². The van der Waals surface area contributed by atoms with Crippen LogP contribution in [0.4, 0.5) is 5.13 Å². The number of nitrogens with one attached hydrogen (secondary N) is 1. The minimum absolute atomic E-state index is 0.260. The molecule has 6 nitrogen and oxygen atoms in total. The van der Waals surface area contributed by atoms with Crippen LogP contribution < -0.4 is 5.32 Å². The number of hydrogen-bond acceptors (Lipinski definition) is 5. The number of benzene rings is 1. The molecule has 4 aromatic rings. The molecule has 0 saturated heterocycles. The fourth-order valence-corrected chi connectivity index (χ4v) is 3.20. The van der Waals surface area contributed by atoms with E-state index in [0.29, 0.717) is 16.3 Å². The molecule has 3 aromatic heterocycles. The minimum atomic E-state index is -0.260. The quantitative estimate of drug-likeness (QED) is 0.618. The van der Waals surface area contributed by atoms with Crippen LogP contribution in [0.5, 0.6) is 0 Å². The van der Waals surface area contributed by atoms with E-state index in [1.807, 2.05) is 19.1 Å². The van der Waals surface area contributed by atoms with Gasteiger partial charge in [-0.25, -0.2) is 14.5 Å². The normalized spacial score (nSPS) is 11.1. The molecule has 1 aromatic carbocycles. The van der Waals surface area contributed by atoms with Gasteiger partial charge in [0.1, 0.15) is 5.56 Å². The molecular formula is C15H11N5OS. The van der Waals surface area contributed by atoms with Gasteiger partial charge in [0.2, 0.25) is 0 Å². The van der Waals surface area contributed by atoms with Crippen molar-refractivity contribution in [1.82, 2.24) is 19.6 Å². The molecule has 108 valence electrons. The molecule has 0 bridgehead atoms. The van der Waals surface area contributed by atoms with E-state index in [9.17, 15) is 4.79 Å². The summed E-state index contributed by atoms with van der Waals surface area (Å²) in [5, 5.41) is 7.50. The summed E-state index contributed by atoms with van der Waals surface area (Å²) in [4.78, 5) is 21.0. The molecule has 0 unspecified atom stereocenters. The van der Waals surface area contributed by atoms with Crippen molar-refractivity contribution in [3.05, 3.63) is 54.0 Å². The van der Waals surface area contributed by atoms with Crippen LogP contribution in [-0.4, -0.2) is 25.5 Å². The maximum Gasteiger partial charge on any atom is 0.262 e. The second kappa shape index (κ2) is 4.88. The number of carbonyl (C=O) groups excluding carboxylic acids is 1. The third-order valence-corrected chi connectivity index (χ3v) is 4.22. The van der Waals surface area contributed by atoms with Crippen LogP contribution in [0.15, 0.2) is 42.9 Å². The maximum atomic E-state index is 12.4. The highest BCUT2D eigenvalue weighted by Crippen LogP contribution is 2.27. The van der Waals surface area contributed by atoms with Gasteiger partial charge in [0.05, 0.1) is 16.4 Å². The highest BCUT2D eigenvalue weighted by Gasteiger charge is 2.15. The van der Waals surface area contributed by atoms with E-state index in [2.05, 4.69) is 26.4 Å². The van der Waals surface area contributed by atoms with Gasteiger partial charge in [-0.05, 0) is 30.7 Å². The fourth-order valence-electron chi connectivity index (χ4n) is 2.24. The largest absolute Gasteiger partial charge is 0.298 e. The second-order valence-corrected chi connectivity index (χ2v) is 5.92. The molecule has 3 heterocycles. The molecule has 1 N–H and O–H groups in total. The SMILES string of the molecule is Cc1ccc2nc(NC(=O)c3cnn4cccnc34)sc2c1. The van der Waals surface area contributed by atoms with Gasteiger partial charge in [-0.1, -0.05) is 17.4 Å². The standard InChI is InChI=1S/C15H11N5OS/c1-9-3-4-11-12(7-9)22-15(18-11)19-14(21)10-8-17-20-6-2-5-16-13(10)20/h2-8H,1H3,(H,18,19,21). The van der Waals surface area contributed by atoms with Crippen molar-refractivity contribution in [2.45, 2.75) is 6.92 Å². The summed E-state index contributed by atoms with van der Waals surface area (Å²) in [6.45, 7) is 2.03. The Morgan fingerprint density at radius 2 is 2.27 bits per heavy atom. The summed E-state index contributed by atoms with van der Waals surface area (Å²) in [5.41, 5.74) is 3.00. The van der Waals surface area contributed by atoms with Crippen molar-refractivity contribution < 1.29 is 4.79 Å². The van der Waals surface area contributed by atoms with Gasteiger partial charge in [0, 0.05) is 12.4 Å². The third-order valence-electron chi connectivity index (χ3n) is 3.29. The smallest absolute Gasteiger partial charge is 0.262 e. The van der Waals surface area contributed by atoms with Crippen LogP contribution in [0, 0.1) is 6.92 Å². The zero-order valence-electron chi connectivity index (χ0n) is 11.6. The first-order valence-electron chi connectivity index (χ1n) is 6.67. The molecule has 22 heavy (non-hydrogen) atoms. The predicted octanol–water partition coefficient (Wildman–Crippen LogP) is 2.90. The Morgan fingerprint density at radius 1 is 1.36 bits per heavy atom. The number of amides is 1. The van der Waals surface area contributed by atoms with E-state index >= 15 is 0 Å². The van der Waals surface area contributed by atoms with Crippen LogP contribution in [0.3, 0.4) is 0 Å². The average Bonchev–Trinajstić information content (AvgIpc) is 3.09. The van der Waals surface area contributed by atoms with Crippen LogP contribution in [-0.2, 0) is 0 Å². The van der Waals surface area contributed by atoms with E-state index in [4.69, 9.17) is 0 Å². The molecule has 0 aliphatic rings.